The average molecular weight is 609 g/mol. The van der Waals surface area contributed by atoms with Gasteiger partial charge in [-0.1, -0.05) is 34.4 Å². The highest BCUT2D eigenvalue weighted by molar-refractivity contribution is 7.89. The lowest BCUT2D eigenvalue weighted by Gasteiger charge is -2.37. The Labute approximate surface area is 238 Å². The smallest absolute Gasteiger partial charge is 0.344 e. The number of benzene rings is 2. The maximum atomic E-state index is 14.1. The number of ether oxygens (including phenoxy) is 1. The molecule has 1 N–H and O–H groups in total. The van der Waals surface area contributed by atoms with Crippen molar-refractivity contribution in [1.29, 1.82) is 0 Å². The number of aromatic nitrogens is 1. The average Bonchev–Trinajstić information content (AvgIpc) is 3.58. The zero-order valence-corrected chi connectivity index (χ0v) is 23.2. The van der Waals surface area contributed by atoms with Crippen molar-refractivity contribution < 1.29 is 36.8 Å². The molecule has 0 radical (unpaired) electrons. The van der Waals surface area contributed by atoms with Crippen LogP contribution < -0.4 is 0 Å². The summed E-state index contributed by atoms with van der Waals surface area (Å²) in [5, 5.41) is 14.0. The minimum Gasteiger partial charge on any atom is -0.478 e. The van der Waals surface area contributed by atoms with E-state index in [4.69, 9.17) is 32.5 Å². The summed E-state index contributed by atoms with van der Waals surface area (Å²) in [7, 11) is -4.20. The van der Waals surface area contributed by atoms with Gasteiger partial charge in [-0.25, -0.2) is 22.4 Å². The number of rotatable bonds is 7. The van der Waals surface area contributed by atoms with E-state index in [9.17, 15) is 27.5 Å². The van der Waals surface area contributed by atoms with Crippen LogP contribution in [0.15, 0.2) is 45.8 Å². The summed E-state index contributed by atoms with van der Waals surface area (Å²) >= 11 is 12.8. The van der Waals surface area contributed by atoms with E-state index in [0.717, 1.165) is 31.0 Å². The first-order chi connectivity index (χ1) is 19.0. The fourth-order valence-electron chi connectivity index (χ4n) is 5.76. The van der Waals surface area contributed by atoms with Gasteiger partial charge in [-0.2, -0.15) is 4.31 Å². The summed E-state index contributed by atoms with van der Waals surface area (Å²) in [6.07, 6.45) is 2.61. The predicted molar refractivity (Wildman–Crippen MR) is 142 cm³/mol. The summed E-state index contributed by atoms with van der Waals surface area (Å²) in [4.78, 5) is 24.5. The molecule has 1 aliphatic carbocycles. The molecule has 1 saturated carbocycles. The Morgan fingerprint density at radius 2 is 1.70 bits per heavy atom. The van der Waals surface area contributed by atoms with Crippen molar-refractivity contribution >= 4 is 45.2 Å². The topological polar surface area (TPSA) is 127 Å². The number of hydrogen-bond donors (Lipinski definition) is 1. The SMILES string of the molecule is O=C(O)c1cc(F)cc(S(=O)(=O)N2C3CCC2CC(OC(=O)c2c(-c4c(Cl)cccc4Cl)noc2C2CC2)C3)c1. The summed E-state index contributed by atoms with van der Waals surface area (Å²) in [6, 6.07) is 6.50. The van der Waals surface area contributed by atoms with Gasteiger partial charge >= 0.3 is 11.9 Å². The monoisotopic (exact) mass is 608 g/mol. The molecule has 3 aliphatic rings. The molecule has 1 aromatic heterocycles. The molecule has 3 aromatic rings. The molecule has 9 nitrogen and oxygen atoms in total. The van der Waals surface area contributed by atoms with Crippen molar-refractivity contribution in [2.24, 2.45) is 0 Å². The predicted octanol–water partition coefficient (Wildman–Crippen LogP) is 5.90. The Balaban J connectivity index is 1.25. The zero-order valence-electron chi connectivity index (χ0n) is 20.8. The van der Waals surface area contributed by atoms with E-state index < -0.39 is 56.4 Å². The quantitative estimate of drug-likeness (QED) is 0.328. The van der Waals surface area contributed by atoms with E-state index in [1.165, 1.54) is 4.31 Å². The largest absolute Gasteiger partial charge is 0.478 e. The lowest BCUT2D eigenvalue weighted by Crippen LogP contribution is -2.48. The highest BCUT2D eigenvalue weighted by Gasteiger charge is 2.49. The molecular weight excluding hydrogens is 586 g/mol. The number of hydrogen-bond acceptors (Lipinski definition) is 7. The van der Waals surface area contributed by atoms with Crippen LogP contribution in [0.5, 0.6) is 0 Å². The molecule has 2 bridgehead atoms. The summed E-state index contributed by atoms with van der Waals surface area (Å²) in [5.41, 5.74) is 0.279. The van der Waals surface area contributed by atoms with Crippen molar-refractivity contribution in [3.05, 3.63) is 69.1 Å². The number of piperidine rings is 1. The first-order valence-electron chi connectivity index (χ1n) is 12.8. The Hall–Kier alpha value is -2.99. The highest BCUT2D eigenvalue weighted by atomic mass is 35.5. The number of halogens is 3. The normalized spacial score (nSPS) is 22.8. The van der Waals surface area contributed by atoms with Crippen LogP contribution in [0.3, 0.4) is 0 Å². The third-order valence-corrected chi connectivity index (χ3v) is 10.3. The van der Waals surface area contributed by atoms with Gasteiger partial charge in [-0.05, 0) is 56.0 Å². The van der Waals surface area contributed by atoms with Crippen LogP contribution in [0, 0.1) is 5.82 Å². The number of carboxylic acids is 1. The van der Waals surface area contributed by atoms with Crippen molar-refractivity contribution in [3.63, 3.8) is 0 Å². The van der Waals surface area contributed by atoms with Crippen LogP contribution in [0.25, 0.3) is 11.3 Å². The second-order valence-electron chi connectivity index (χ2n) is 10.3. The second kappa shape index (κ2) is 10.1. The number of aromatic carboxylic acids is 1. The van der Waals surface area contributed by atoms with E-state index in [1.807, 2.05) is 0 Å². The van der Waals surface area contributed by atoms with Crippen LogP contribution in [0.1, 0.15) is 70.9 Å². The first kappa shape index (κ1) is 27.2. The summed E-state index contributed by atoms with van der Waals surface area (Å²) in [6.45, 7) is 0. The molecule has 2 aromatic carbocycles. The van der Waals surface area contributed by atoms with Gasteiger partial charge in [0.25, 0.3) is 0 Å². The Kier molecular flexibility index (Phi) is 6.89. The van der Waals surface area contributed by atoms with Gasteiger partial charge in [0.05, 0.1) is 20.5 Å². The molecule has 2 saturated heterocycles. The number of esters is 1. The fourth-order valence-corrected chi connectivity index (χ4v) is 8.28. The second-order valence-corrected chi connectivity index (χ2v) is 13.0. The van der Waals surface area contributed by atoms with Crippen molar-refractivity contribution in [2.45, 2.75) is 67.5 Å². The molecular formula is C27H23Cl2FN2O7S. The van der Waals surface area contributed by atoms with Crippen LogP contribution in [0.4, 0.5) is 4.39 Å². The molecule has 0 amide bonds. The first-order valence-corrected chi connectivity index (χ1v) is 15.0. The van der Waals surface area contributed by atoms with E-state index in [-0.39, 0.29) is 30.0 Å². The number of carboxylic acid groups (broad SMARTS) is 1. The van der Waals surface area contributed by atoms with Gasteiger partial charge in [0.15, 0.2) is 5.76 Å². The highest BCUT2D eigenvalue weighted by Crippen LogP contribution is 2.47. The maximum Gasteiger partial charge on any atom is 0.344 e. The Morgan fingerprint density at radius 3 is 2.30 bits per heavy atom. The summed E-state index contributed by atoms with van der Waals surface area (Å²) < 4.78 is 53.9. The van der Waals surface area contributed by atoms with E-state index in [1.54, 1.807) is 18.2 Å². The van der Waals surface area contributed by atoms with Gasteiger partial charge in [0, 0.05) is 36.4 Å². The molecule has 3 heterocycles. The number of nitrogens with zero attached hydrogens (tertiary/aromatic N) is 2. The molecule has 210 valence electrons. The fraction of sp³-hybridized carbons (Fsp3) is 0.370. The molecule has 3 fully saturated rings. The van der Waals surface area contributed by atoms with Gasteiger partial charge in [0.1, 0.15) is 23.2 Å². The van der Waals surface area contributed by atoms with Crippen molar-refractivity contribution in [3.8, 4) is 11.3 Å². The standard InChI is InChI=1S/C27H23Cl2FN2O7S/c28-20-2-1-3-21(29)22(20)24-23(25(39-31-24)13-4-5-13)27(35)38-18-11-16-6-7-17(12-18)32(16)40(36,37)19-9-14(26(33)34)8-15(30)10-19/h1-3,8-10,13,16-18H,4-7,11-12H2,(H,33,34). The summed E-state index contributed by atoms with van der Waals surface area (Å²) in [5.74, 6) is -2.58. The molecule has 6 rings (SSSR count). The van der Waals surface area contributed by atoms with E-state index in [0.29, 0.717) is 34.2 Å². The third-order valence-electron chi connectivity index (χ3n) is 7.66. The van der Waals surface area contributed by atoms with Gasteiger partial charge in [-0.15, -0.1) is 0 Å². The molecule has 2 aliphatic heterocycles. The minimum atomic E-state index is -4.20. The Morgan fingerprint density at radius 1 is 1.05 bits per heavy atom. The van der Waals surface area contributed by atoms with Gasteiger partial charge in [0.2, 0.25) is 10.0 Å². The van der Waals surface area contributed by atoms with Crippen LogP contribution >= 0.6 is 23.2 Å². The van der Waals surface area contributed by atoms with Gasteiger partial charge < -0.3 is 14.4 Å². The van der Waals surface area contributed by atoms with Crippen LogP contribution in [-0.2, 0) is 14.8 Å². The van der Waals surface area contributed by atoms with E-state index >= 15 is 0 Å². The molecule has 0 spiro atoms. The van der Waals surface area contributed by atoms with Crippen molar-refractivity contribution in [1.82, 2.24) is 9.46 Å². The number of carbonyl (C=O) groups excluding carboxylic acids is 1. The van der Waals surface area contributed by atoms with Crippen molar-refractivity contribution in [2.75, 3.05) is 0 Å². The van der Waals surface area contributed by atoms with E-state index in [2.05, 4.69) is 5.16 Å². The minimum absolute atomic E-state index is 0.0372. The molecule has 13 heteroatoms. The molecule has 40 heavy (non-hydrogen) atoms. The molecule has 2 atom stereocenters. The molecule has 2 unspecified atom stereocenters. The van der Waals surface area contributed by atoms with Crippen LogP contribution in [0.2, 0.25) is 10.0 Å². The lowest BCUT2D eigenvalue weighted by atomic mass is 10.0. The zero-order chi connectivity index (χ0) is 28.3. The maximum absolute atomic E-state index is 14.1. The van der Waals surface area contributed by atoms with Crippen LogP contribution in [-0.4, -0.2) is 53.1 Å². The lowest BCUT2D eigenvalue weighted by molar-refractivity contribution is 0.00824. The third kappa shape index (κ3) is 4.78. The Bertz CT molecular complexity index is 1610. The van der Waals surface area contributed by atoms with Gasteiger partial charge in [-0.3, -0.25) is 0 Å². The number of carbonyl (C=O) groups is 2. The number of fused-ring (bicyclic) bond motifs is 2. The number of sulfonamides is 1.